The van der Waals surface area contributed by atoms with Crippen LogP contribution in [0.25, 0.3) is 10.1 Å². The van der Waals surface area contributed by atoms with Crippen LogP contribution in [0.4, 0.5) is 11.4 Å². The number of anilines is 2. The van der Waals surface area contributed by atoms with Gasteiger partial charge < -0.3 is 5.32 Å². The summed E-state index contributed by atoms with van der Waals surface area (Å²) in [7, 11) is -1.81. The second-order valence-corrected chi connectivity index (χ2v) is 8.98. The monoisotopic (exact) mass is 374 g/mol. The Morgan fingerprint density at radius 3 is 2.56 bits per heavy atom. The van der Waals surface area contributed by atoms with Gasteiger partial charge in [-0.05, 0) is 54.3 Å². The van der Waals surface area contributed by atoms with Crippen LogP contribution < -0.4 is 9.62 Å². The van der Waals surface area contributed by atoms with Crippen LogP contribution in [0.5, 0.6) is 0 Å². The van der Waals surface area contributed by atoms with Crippen LogP contribution in [0.2, 0.25) is 0 Å². The number of hydrogen-bond acceptors (Lipinski definition) is 4. The van der Waals surface area contributed by atoms with Crippen molar-refractivity contribution in [2.24, 2.45) is 0 Å². The topological polar surface area (TPSA) is 66.5 Å². The number of fused-ring (bicyclic) bond motifs is 1. The number of carbonyl (C=O) groups excluding carboxylic acids is 1. The SMILES string of the molecule is Cc1cccc(NC(=O)c2cc3cc(N(C)S(C)(=O)=O)ccc3s2)c1. The molecule has 0 radical (unpaired) electrons. The van der Waals surface area contributed by atoms with Crippen LogP contribution in [0, 0.1) is 6.92 Å². The van der Waals surface area contributed by atoms with Gasteiger partial charge in [0, 0.05) is 17.4 Å². The van der Waals surface area contributed by atoms with Gasteiger partial charge in [0.2, 0.25) is 10.0 Å². The van der Waals surface area contributed by atoms with Gasteiger partial charge in [-0.1, -0.05) is 12.1 Å². The molecular weight excluding hydrogens is 356 g/mol. The largest absolute Gasteiger partial charge is 0.321 e. The molecule has 0 unspecified atom stereocenters. The first kappa shape index (κ1) is 17.4. The van der Waals surface area contributed by atoms with E-state index in [0.29, 0.717) is 10.6 Å². The maximum Gasteiger partial charge on any atom is 0.265 e. The summed E-state index contributed by atoms with van der Waals surface area (Å²) in [5, 5.41) is 3.73. The fraction of sp³-hybridized carbons (Fsp3) is 0.167. The molecule has 25 heavy (non-hydrogen) atoms. The summed E-state index contributed by atoms with van der Waals surface area (Å²) >= 11 is 1.38. The lowest BCUT2D eigenvalue weighted by Crippen LogP contribution is -2.24. The molecule has 3 rings (SSSR count). The Morgan fingerprint density at radius 2 is 1.88 bits per heavy atom. The number of rotatable bonds is 4. The molecule has 1 amide bonds. The molecule has 7 heteroatoms. The van der Waals surface area contributed by atoms with E-state index >= 15 is 0 Å². The molecule has 1 heterocycles. The molecule has 0 bridgehead atoms. The molecule has 0 fully saturated rings. The van der Waals surface area contributed by atoms with E-state index in [1.54, 1.807) is 18.2 Å². The van der Waals surface area contributed by atoms with Gasteiger partial charge in [0.05, 0.1) is 16.8 Å². The second-order valence-electron chi connectivity index (χ2n) is 5.89. The molecule has 1 aromatic heterocycles. The van der Waals surface area contributed by atoms with Crippen molar-refractivity contribution in [3.63, 3.8) is 0 Å². The summed E-state index contributed by atoms with van der Waals surface area (Å²) in [6.45, 7) is 1.97. The number of aryl methyl sites for hydroxylation is 1. The van der Waals surface area contributed by atoms with Crippen LogP contribution in [0.1, 0.15) is 15.2 Å². The van der Waals surface area contributed by atoms with E-state index in [4.69, 9.17) is 0 Å². The zero-order valence-corrected chi connectivity index (χ0v) is 15.7. The quantitative estimate of drug-likeness (QED) is 0.754. The van der Waals surface area contributed by atoms with Crippen molar-refractivity contribution in [1.82, 2.24) is 0 Å². The minimum atomic E-state index is -3.32. The summed E-state index contributed by atoms with van der Waals surface area (Å²) < 4.78 is 25.5. The molecule has 0 aliphatic heterocycles. The molecule has 0 aliphatic rings. The Kier molecular flexibility index (Phi) is 4.53. The average molecular weight is 374 g/mol. The van der Waals surface area contributed by atoms with E-state index in [-0.39, 0.29) is 5.91 Å². The van der Waals surface area contributed by atoms with Crippen molar-refractivity contribution in [1.29, 1.82) is 0 Å². The lowest BCUT2D eigenvalue weighted by Gasteiger charge is -2.16. The van der Waals surface area contributed by atoms with Crippen LogP contribution >= 0.6 is 11.3 Å². The molecule has 0 atom stereocenters. The first-order valence-electron chi connectivity index (χ1n) is 7.59. The van der Waals surface area contributed by atoms with Crippen LogP contribution in [-0.2, 0) is 10.0 Å². The minimum absolute atomic E-state index is 0.176. The standard InChI is InChI=1S/C18H18N2O3S2/c1-12-5-4-6-14(9-12)19-18(21)17-11-13-10-15(7-8-16(13)24-17)20(2)25(3,22)23/h4-11H,1-3H3,(H,19,21). The van der Waals surface area contributed by atoms with E-state index < -0.39 is 10.0 Å². The number of sulfonamides is 1. The smallest absolute Gasteiger partial charge is 0.265 e. The molecule has 0 spiro atoms. The Hall–Kier alpha value is -2.38. The number of hydrogen-bond donors (Lipinski definition) is 1. The zero-order valence-electron chi connectivity index (χ0n) is 14.1. The van der Waals surface area contributed by atoms with Crippen LogP contribution in [0.3, 0.4) is 0 Å². The Labute approximate surface area is 151 Å². The third kappa shape index (κ3) is 3.83. The zero-order chi connectivity index (χ0) is 18.2. The van der Waals surface area contributed by atoms with Gasteiger partial charge in [-0.25, -0.2) is 8.42 Å². The first-order chi connectivity index (χ1) is 11.7. The number of nitrogens with zero attached hydrogens (tertiary/aromatic N) is 1. The Balaban J connectivity index is 1.89. The van der Waals surface area contributed by atoms with Crippen molar-refractivity contribution < 1.29 is 13.2 Å². The molecule has 5 nitrogen and oxygen atoms in total. The van der Waals surface area contributed by atoms with E-state index in [0.717, 1.165) is 27.6 Å². The van der Waals surface area contributed by atoms with Crippen molar-refractivity contribution in [2.45, 2.75) is 6.92 Å². The molecule has 0 aliphatic carbocycles. The molecular formula is C18H18N2O3S2. The van der Waals surface area contributed by atoms with E-state index in [9.17, 15) is 13.2 Å². The number of amides is 1. The highest BCUT2D eigenvalue weighted by molar-refractivity contribution is 7.92. The van der Waals surface area contributed by atoms with Gasteiger partial charge in [-0.3, -0.25) is 9.10 Å². The lowest BCUT2D eigenvalue weighted by atomic mass is 10.2. The predicted octanol–water partition coefficient (Wildman–Crippen LogP) is 3.86. The molecule has 0 saturated carbocycles. The van der Waals surface area contributed by atoms with Gasteiger partial charge in [0.1, 0.15) is 0 Å². The predicted molar refractivity (Wildman–Crippen MR) is 104 cm³/mol. The van der Waals surface area contributed by atoms with Crippen molar-refractivity contribution in [2.75, 3.05) is 22.9 Å². The van der Waals surface area contributed by atoms with Crippen molar-refractivity contribution in [3.05, 3.63) is 59.0 Å². The van der Waals surface area contributed by atoms with Gasteiger partial charge in [0.15, 0.2) is 0 Å². The van der Waals surface area contributed by atoms with Crippen LogP contribution in [-0.4, -0.2) is 27.6 Å². The summed E-state index contributed by atoms with van der Waals surface area (Å²) in [5.41, 5.74) is 2.39. The Morgan fingerprint density at radius 1 is 1.12 bits per heavy atom. The highest BCUT2D eigenvalue weighted by atomic mass is 32.2. The fourth-order valence-electron chi connectivity index (χ4n) is 2.45. The number of benzene rings is 2. The summed E-state index contributed by atoms with van der Waals surface area (Å²) in [4.78, 5) is 13.0. The third-order valence-electron chi connectivity index (χ3n) is 3.86. The molecule has 1 N–H and O–H groups in total. The molecule has 2 aromatic carbocycles. The summed E-state index contributed by atoms with van der Waals surface area (Å²) in [6.07, 6.45) is 1.16. The average Bonchev–Trinajstić information content (AvgIpc) is 2.96. The first-order valence-corrected chi connectivity index (χ1v) is 10.3. The maximum atomic E-state index is 12.5. The van der Waals surface area contributed by atoms with Gasteiger partial charge in [-0.15, -0.1) is 11.3 Å². The van der Waals surface area contributed by atoms with E-state index in [2.05, 4.69) is 5.32 Å². The number of carbonyl (C=O) groups is 1. The van der Waals surface area contributed by atoms with Crippen molar-refractivity contribution >= 4 is 48.7 Å². The lowest BCUT2D eigenvalue weighted by molar-refractivity contribution is 0.103. The maximum absolute atomic E-state index is 12.5. The van der Waals surface area contributed by atoms with E-state index in [1.165, 1.54) is 22.7 Å². The van der Waals surface area contributed by atoms with Gasteiger partial charge >= 0.3 is 0 Å². The highest BCUT2D eigenvalue weighted by Gasteiger charge is 2.15. The summed E-state index contributed by atoms with van der Waals surface area (Å²) in [6, 6.07) is 14.7. The van der Waals surface area contributed by atoms with Gasteiger partial charge in [0.25, 0.3) is 5.91 Å². The summed E-state index contributed by atoms with van der Waals surface area (Å²) in [5.74, 6) is -0.176. The van der Waals surface area contributed by atoms with E-state index in [1.807, 2.05) is 37.3 Å². The second kappa shape index (κ2) is 6.50. The highest BCUT2D eigenvalue weighted by Crippen LogP contribution is 2.30. The fourth-order valence-corrected chi connectivity index (χ4v) is 3.88. The molecule has 3 aromatic rings. The number of thiophene rings is 1. The van der Waals surface area contributed by atoms with Crippen LogP contribution in [0.15, 0.2) is 48.5 Å². The third-order valence-corrected chi connectivity index (χ3v) is 6.18. The van der Waals surface area contributed by atoms with Crippen molar-refractivity contribution in [3.8, 4) is 0 Å². The van der Waals surface area contributed by atoms with Gasteiger partial charge in [-0.2, -0.15) is 0 Å². The molecule has 130 valence electrons. The normalized spacial score (nSPS) is 11.5. The minimum Gasteiger partial charge on any atom is -0.321 e. The number of nitrogens with one attached hydrogen (secondary N) is 1. The molecule has 0 saturated heterocycles. The Bertz CT molecular complexity index is 1060.